The first kappa shape index (κ1) is 16.8. The Kier molecular flexibility index (Phi) is 7.91. The fourth-order valence-electron chi connectivity index (χ4n) is 1.35. The quantitative estimate of drug-likeness (QED) is 0.591. The topological polar surface area (TPSA) is 79.7 Å². The lowest BCUT2D eigenvalue weighted by Crippen LogP contribution is -2.43. The van der Waals surface area contributed by atoms with Crippen LogP contribution < -0.4 is 11.5 Å². The van der Waals surface area contributed by atoms with Crippen molar-refractivity contribution in [2.24, 2.45) is 11.5 Å². The van der Waals surface area contributed by atoms with Crippen LogP contribution in [-0.4, -0.2) is 43.8 Å². The van der Waals surface area contributed by atoms with Crippen molar-refractivity contribution in [1.29, 1.82) is 0 Å². The van der Waals surface area contributed by atoms with Crippen LogP contribution in [0.3, 0.4) is 0 Å². The third kappa shape index (κ3) is 9.50. The zero-order valence-corrected chi connectivity index (χ0v) is 11.7. The van der Waals surface area contributed by atoms with E-state index < -0.39 is 5.79 Å². The lowest BCUT2D eigenvalue weighted by Gasteiger charge is -2.32. The van der Waals surface area contributed by atoms with E-state index in [0.717, 1.165) is 0 Å². The summed E-state index contributed by atoms with van der Waals surface area (Å²) in [6.07, 6.45) is 0.0620. The second kappa shape index (κ2) is 8.00. The Morgan fingerprint density at radius 2 is 1.53 bits per heavy atom. The molecule has 0 saturated heterocycles. The highest BCUT2D eigenvalue weighted by atomic mass is 16.7. The van der Waals surface area contributed by atoms with Crippen molar-refractivity contribution in [2.45, 2.75) is 58.6 Å². The van der Waals surface area contributed by atoms with Crippen LogP contribution in [0.25, 0.3) is 0 Å². The fourth-order valence-corrected chi connectivity index (χ4v) is 1.35. The first-order valence-electron chi connectivity index (χ1n) is 6.16. The van der Waals surface area contributed by atoms with Gasteiger partial charge in [0.05, 0.1) is 19.3 Å². The second-order valence-electron chi connectivity index (χ2n) is 5.08. The molecule has 5 heteroatoms. The SMILES string of the molecule is CC(N)COCC(C)(OCC(C)N)OC(C)C. The third-order valence-electron chi connectivity index (χ3n) is 1.88. The largest absolute Gasteiger partial charge is 0.374 e. The van der Waals surface area contributed by atoms with Gasteiger partial charge in [-0.15, -0.1) is 0 Å². The van der Waals surface area contributed by atoms with Gasteiger partial charge in [0.1, 0.15) is 6.61 Å². The van der Waals surface area contributed by atoms with Crippen molar-refractivity contribution in [3.63, 3.8) is 0 Å². The molecule has 0 aliphatic carbocycles. The molecule has 0 heterocycles. The lowest BCUT2D eigenvalue weighted by molar-refractivity contribution is -0.266. The molecule has 0 fully saturated rings. The minimum atomic E-state index is -0.767. The Labute approximate surface area is 105 Å². The Balaban J connectivity index is 4.18. The molecule has 0 aliphatic rings. The summed E-state index contributed by atoms with van der Waals surface area (Å²) in [5.41, 5.74) is 11.3. The number of ether oxygens (including phenoxy) is 3. The van der Waals surface area contributed by atoms with Crippen LogP contribution in [0.2, 0.25) is 0 Å². The summed E-state index contributed by atoms with van der Waals surface area (Å²) in [6.45, 7) is 10.8. The van der Waals surface area contributed by atoms with Crippen molar-refractivity contribution in [2.75, 3.05) is 19.8 Å². The minimum absolute atomic E-state index is 0.00623. The van der Waals surface area contributed by atoms with E-state index >= 15 is 0 Å². The third-order valence-corrected chi connectivity index (χ3v) is 1.88. The number of hydrogen-bond donors (Lipinski definition) is 2. The van der Waals surface area contributed by atoms with Gasteiger partial charge in [0.15, 0.2) is 5.79 Å². The van der Waals surface area contributed by atoms with E-state index in [1.54, 1.807) is 0 Å². The average molecular weight is 248 g/mol. The number of nitrogens with two attached hydrogens (primary N) is 2. The smallest absolute Gasteiger partial charge is 0.189 e. The molecule has 0 bridgehead atoms. The van der Waals surface area contributed by atoms with Gasteiger partial charge in [-0.05, 0) is 34.6 Å². The highest BCUT2D eigenvalue weighted by molar-refractivity contribution is 4.66. The monoisotopic (exact) mass is 248 g/mol. The van der Waals surface area contributed by atoms with Gasteiger partial charge in [-0.2, -0.15) is 0 Å². The van der Waals surface area contributed by atoms with E-state index in [9.17, 15) is 0 Å². The molecule has 0 radical (unpaired) electrons. The van der Waals surface area contributed by atoms with E-state index in [-0.39, 0.29) is 18.2 Å². The molecule has 0 aromatic carbocycles. The predicted octanol–water partition coefficient (Wildman–Crippen LogP) is 0.855. The summed E-state index contributed by atoms with van der Waals surface area (Å²) in [5.74, 6) is -0.767. The number of rotatable bonds is 9. The van der Waals surface area contributed by atoms with Crippen molar-refractivity contribution in [1.82, 2.24) is 0 Å². The van der Waals surface area contributed by atoms with Crippen molar-refractivity contribution >= 4 is 0 Å². The van der Waals surface area contributed by atoms with Gasteiger partial charge in [-0.25, -0.2) is 0 Å². The molecule has 17 heavy (non-hydrogen) atoms. The maximum atomic E-state index is 5.73. The fraction of sp³-hybridized carbons (Fsp3) is 1.00. The lowest BCUT2D eigenvalue weighted by atomic mass is 10.3. The van der Waals surface area contributed by atoms with Crippen molar-refractivity contribution in [3.05, 3.63) is 0 Å². The van der Waals surface area contributed by atoms with Gasteiger partial charge in [0, 0.05) is 12.1 Å². The molecular formula is C12H28N2O3. The van der Waals surface area contributed by atoms with Crippen LogP contribution in [0.5, 0.6) is 0 Å². The summed E-state index contributed by atoms with van der Waals surface area (Å²) in [7, 11) is 0. The Morgan fingerprint density at radius 1 is 1.00 bits per heavy atom. The van der Waals surface area contributed by atoms with Crippen LogP contribution in [0.15, 0.2) is 0 Å². The summed E-state index contributed by atoms with van der Waals surface area (Å²) in [6, 6.07) is -0.0229. The Morgan fingerprint density at radius 3 is 1.94 bits per heavy atom. The van der Waals surface area contributed by atoms with E-state index in [2.05, 4.69) is 0 Å². The Bertz CT molecular complexity index is 198. The average Bonchev–Trinajstić information content (AvgIpc) is 2.13. The highest BCUT2D eigenvalue weighted by Crippen LogP contribution is 2.16. The van der Waals surface area contributed by atoms with Crippen LogP contribution >= 0.6 is 0 Å². The minimum Gasteiger partial charge on any atom is -0.374 e. The zero-order chi connectivity index (χ0) is 13.5. The van der Waals surface area contributed by atoms with Crippen molar-refractivity contribution in [3.8, 4) is 0 Å². The van der Waals surface area contributed by atoms with Gasteiger partial charge >= 0.3 is 0 Å². The molecule has 3 atom stereocenters. The van der Waals surface area contributed by atoms with Gasteiger partial charge in [-0.3, -0.25) is 0 Å². The molecule has 0 saturated carbocycles. The summed E-state index contributed by atoms with van der Waals surface area (Å²) < 4.78 is 16.9. The highest BCUT2D eigenvalue weighted by Gasteiger charge is 2.28. The summed E-state index contributed by atoms with van der Waals surface area (Å²) in [4.78, 5) is 0. The van der Waals surface area contributed by atoms with Crippen LogP contribution in [-0.2, 0) is 14.2 Å². The van der Waals surface area contributed by atoms with Crippen LogP contribution in [0, 0.1) is 0 Å². The maximum Gasteiger partial charge on any atom is 0.189 e. The summed E-state index contributed by atoms with van der Waals surface area (Å²) >= 11 is 0. The van der Waals surface area contributed by atoms with Crippen LogP contribution in [0.4, 0.5) is 0 Å². The molecular weight excluding hydrogens is 220 g/mol. The van der Waals surface area contributed by atoms with E-state index in [4.69, 9.17) is 25.7 Å². The van der Waals surface area contributed by atoms with E-state index in [1.807, 2.05) is 34.6 Å². The molecule has 0 aromatic rings. The van der Waals surface area contributed by atoms with Crippen LogP contribution in [0.1, 0.15) is 34.6 Å². The molecule has 0 aromatic heterocycles. The van der Waals surface area contributed by atoms with Gasteiger partial charge in [0.25, 0.3) is 0 Å². The molecule has 5 nitrogen and oxygen atoms in total. The maximum absolute atomic E-state index is 5.73. The molecule has 0 amide bonds. The molecule has 104 valence electrons. The van der Waals surface area contributed by atoms with Gasteiger partial charge < -0.3 is 25.7 Å². The van der Waals surface area contributed by atoms with Gasteiger partial charge in [-0.1, -0.05) is 0 Å². The van der Waals surface area contributed by atoms with Gasteiger partial charge in [0.2, 0.25) is 0 Å². The first-order chi connectivity index (χ1) is 7.75. The molecule has 0 spiro atoms. The molecule has 0 aliphatic heterocycles. The molecule has 3 unspecified atom stereocenters. The molecule has 4 N–H and O–H groups in total. The number of hydrogen-bond acceptors (Lipinski definition) is 5. The predicted molar refractivity (Wildman–Crippen MR) is 68.7 cm³/mol. The second-order valence-corrected chi connectivity index (χ2v) is 5.08. The van der Waals surface area contributed by atoms with Crippen molar-refractivity contribution < 1.29 is 14.2 Å². The molecule has 0 rings (SSSR count). The Hall–Kier alpha value is -0.200. The standard InChI is InChI=1S/C12H28N2O3/c1-9(2)17-12(5,16-7-11(4)14)8-15-6-10(3)13/h9-11H,6-8,13-14H2,1-5H3. The summed E-state index contributed by atoms with van der Waals surface area (Å²) in [5, 5.41) is 0. The zero-order valence-electron chi connectivity index (χ0n) is 11.7. The van der Waals surface area contributed by atoms with E-state index in [1.165, 1.54) is 0 Å². The normalized spacial score (nSPS) is 19.1. The first-order valence-corrected chi connectivity index (χ1v) is 6.16. The van der Waals surface area contributed by atoms with E-state index in [0.29, 0.717) is 19.8 Å².